The first-order valence-corrected chi connectivity index (χ1v) is 5.65. The minimum absolute atomic E-state index is 0.0802. The number of thiophene rings is 1. The molecule has 0 spiro atoms. The number of hydrogen-bond acceptors (Lipinski definition) is 3. The van der Waals surface area contributed by atoms with Crippen molar-refractivity contribution in [3.8, 4) is 6.07 Å². The summed E-state index contributed by atoms with van der Waals surface area (Å²) in [6.45, 7) is 1.84. The minimum Gasteiger partial charge on any atom is -0.337 e. The maximum Gasteiger partial charge on any atom is 0.263 e. The van der Waals surface area contributed by atoms with E-state index in [4.69, 9.17) is 16.9 Å². The van der Waals surface area contributed by atoms with E-state index in [0.717, 1.165) is 0 Å². The topological polar surface area (TPSA) is 44.1 Å². The average Bonchev–Trinajstić information content (AvgIpc) is 2.63. The molecular weight excluding hydrogens is 232 g/mol. The summed E-state index contributed by atoms with van der Waals surface area (Å²) < 4.78 is 0.597. The Morgan fingerprint density at radius 3 is 2.87 bits per heavy atom. The molecule has 0 aliphatic carbocycles. The maximum absolute atomic E-state index is 11.8. The predicted molar refractivity (Wildman–Crippen MR) is 61.1 cm³/mol. The van der Waals surface area contributed by atoms with Crippen molar-refractivity contribution >= 4 is 28.8 Å². The summed E-state index contributed by atoms with van der Waals surface area (Å²) in [5, 5.41) is 8.54. The van der Waals surface area contributed by atoms with Crippen LogP contribution >= 0.6 is 22.9 Å². The van der Waals surface area contributed by atoms with Gasteiger partial charge >= 0.3 is 0 Å². The zero-order chi connectivity index (χ0) is 11.4. The van der Waals surface area contributed by atoms with Crippen molar-refractivity contribution in [3.05, 3.63) is 21.3 Å². The van der Waals surface area contributed by atoms with Crippen LogP contribution in [0.15, 0.2) is 12.1 Å². The van der Waals surface area contributed by atoms with E-state index in [1.54, 1.807) is 24.1 Å². The van der Waals surface area contributed by atoms with Gasteiger partial charge in [-0.1, -0.05) is 11.6 Å². The van der Waals surface area contributed by atoms with E-state index in [9.17, 15) is 4.79 Å². The van der Waals surface area contributed by atoms with Gasteiger partial charge < -0.3 is 4.90 Å². The number of amides is 1. The molecule has 1 aromatic rings. The van der Waals surface area contributed by atoms with Crippen LogP contribution in [0, 0.1) is 11.3 Å². The van der Waals surface area contributed by atoms with Crippen LogP contribution in [-0.2, 0) is 0 Å². The first kappa shape index (κ1) is 12.0. The second-order valence-electron chi connectivity index (χ2n) is 3.23. The quantitative estimate of drug-likeness (QED) is 0.818. The lowest BCUT2D eigenvalue weighted by atomic mass is 10.2. The molecule has 0 fully saturated rings. The smallest absolute Gasteiger partial charge is 0.263 e. The van der Waals surface area contributed by atoms with Gasteiger partial charge in [0, 0.05) is 13.1 Å². The van der Waals surface area contributed by atoms with Crippen LogP contribution < -0.4 is 0 Å². The van der Waals surface area contributed by atoms with Crippen molar-refractivity contribution in [2.24, 2.45) is 0 Å². The molecule has 1 unspecified atom stereocenters. The molecular formula is C10H11ClN2OS. The Bertz CT molecular complexity index is 396. The number of nitriles is 1. The summed E-state index contributed by atoms with van der Waals surface area (Å²) in [5.74, 6) is -0.0883. The predicted octanol–water partition coefficient (Wildman–Crippen LogP) is 2.78. The molecule has 1 rings (SSSR count). The number of carbonyl (C=O) groups excluding carboxylic acids is 1. The molecule has 0 N–H and O–H groups in total. The Labute approximate surface area is 97.9 Å². The van der Waals surface area contributed by atoms with Crippen molar-refractivity contribution in [3.63, 3.8) is 0 Å². The molecule has 0 bridgehead atoms. The number of carbonyl (C=O) groups is 1. The third-order valence-electron chi connectivity index (χ3n) is 2.15. The standard InChI is InChI=1S/C10H11ClN2OS/c1-7(5-6-12)13(2)10(14)8-3-4-9(11)15-8/h3-4,7H,5H2,1-2H3. The van der Waals surface area contributed by atoms with Gasteiger partial charge in [-0.2, -0.15) is 5.26 Å². The fraction of sp³-hybridized carbons (Fsp3) is 0.400. The van der Waals surface area contributed by atoms with Crippen LogP contribution in [0.25, 0.3) is 0 Å². The van der Waals surface area contributed by atoms with Gasteiger partial charge in [-0.25, -0.2) is 0 Å². The van der Waals surface area contributed by atoms with E-state index in [1.807, 2.05) is 13.0 Å². The Kier molecular flexibility index (Phi) is 4.13. The van der Waals surface area contributed by atoms with Gasteiger partial charge in [-0.15, -0.1) is 11.3 Å². The number of hydrogen-bond donors (Lipinski definition) is 0. The summed E-state index contributed by atoms with van der Waals surface area (Å²) in [4.78, 5) is 14.0. The molecule has 0 radical (unpaired) electrons. The van der Waals surface area contributed by atoms with Crippen molar-refractivity contribution < 1.29 is 4.79 Å². The highest BCUT2D eigenvalue weighted by Crippen LogP contribution is 2.23. The molecule has 1 heterocycles. The highest BCUT2D eigenvalue weighted by atomic mass is 35.5. The molecule has 1 amide bonds. The highest BCUT2D eigenvalue weighted by Gasteiger charge is 2.18. The number of halogens is 1. The third kappa shape index (κ3) is 2.95. The van der Waals surface area contributed by atoms with E-state index in [0.29, 0.717) is 15.6 Å². The van der Waals surface area contributed by atoms with Crippen LogP contribution in [0.4, 0.5) is 0 Å². The number of rotatable bonds is 3. The largest absolute Gasteiger partial charge is 0.337 e. The van der Waals surface area contributed by atoms with E-state index in [1.165, 1.54) is 11.3 Å². The highest BCUT2D eigenvalue weighted by molar-refractivity contribution is 7.17. The molecule has 5 heteroatoms. The van der Waals surface area contributed by atoms with Crippen molar-refractivity contribution in [2.45, 2.75) is 19.4 Å². The second kappa shape index (κ2) is 5.15. The molecule has 80 valence electrons. The summed E-state index contributed by atoms with van der Waals surface area (Å²) in [7, 11) is 1.69. The molecule has 0 aromatic carbocycles. The van der Waals surface area contributed by atoms with Crippen molar-refractivity contribution in [2.75, 3.05) is 7.05 Å². The monoisotopic (exact) mass is 242 g/mol. The maximum atomic E-state index is 11.8. The van der Waals surface area contributed by atoms with E-state index in [-0.39, 0.29) is 11.9 Å². The van der Waals surface area contributed by atoms with Gasteiger partial charge in [0.05, 0.1) is 21.7 Å². The molecule has 1 atom stereocenters. The summed E-state index contributed by atoms with van der Waals surface area (Å²) in [6.07, 6.45) is 0.335. The van der Waals surface area contributed by atoms with E-state index >= 15 is 0 Å². The van der Waals surface area contributed by atoms with E-state index < -0.39 is 0 Å². The van der Waals surface area contributed by atoms with Gasteiger partial charge in [0.1, 0.15) is 0 Å². The SMILES string of the molecule is CC(CC#N)N(C)C(=O)c1ccc(Cl)s1. The Morgan fingerprint density at radius 2 is 2.40 bits per heavy atom. The lowest BCUT2D eigenvalue weighted by molar-refractivity contribution is 0.0751. The lowest BCUT2D eigenvalue weighted by Crippen LogP contribution is -2.34. The first-order valence-electron chi connectivity index (χ1n) is 4.45. The normalized spacial score (nSPS) is 11.9. The summed E-state index contributed by atoms with van der Waals surface area (Å²) in [5.41, 5.74) is 0. The van der Waals surface area contributed by atoms with Crippen LogP contribution in [0.1, 0.15) is 23.0 Å². The molecule has 15 heavy (non-hydrogen) atoms. The van der Waals surface area contributed by atoms with Gasteiger partial charge in [-0.05, 0) is 19.1 Å². The van der Waals surface area contributed by atoms with Crippen molar-refractivity contribution in [1.29, 1.82) is 5.26 Å². The minimum atomic E-state index is -0.0883. The molecule has 3 nitrogen and oxygen atoms in total. The Balaban J connectivity index is 2.73. The number of nitrogens with zero attached hydrogens (tertiary/aromatic N) is 2. The Hall–Kier alpha value is -1.05. The molecule has 0 saturated carbocycles. The molecule has 0 aliphatic rings. The molecule has 0 saturated heterocycles. The van der Waals surface area contributed by atoms with Gasteiger partial charge in [0.2, 0.25) is 0 Å². The van der Waals surface area contributed by atoms with Crippen LogP contribution in [0.2, 0.25) is 4.34 Å². The second-order valence-corrected chi connectivity index (χ2v) is 4.95. The van der Waals surface area contributed by atoms with Gasteiger partial charge in [0.15, 0.2) is 0 Å². The van der Waals surface area contributed by atoms with Crippen LogP contribution in [-0.4, -0.2) is 23.9 Å². The first-order chi connectivity index (χ1) is 7.06. The summed E-state index contributed by atoms with van der Waals surface area (Å²) in [6, 6.07) is 5.36. The van der Waals surface area contributed by atoms with E-state index in [2.05, 4.69) is 0 Å². The Morgan fingerprint density at radius 1 is 1.73 bits per heavy atom. The molecule has 0 aliphatic heterocycles. The van der Waals surface area contributed by atoms with Crippen LogP contribution in [0.5, 0.6) is 0 Å². The van der Waals surface area contributed by atoms with Gasteiger partial charge in [-0.3, -0.25) is 4.79 Å². The van der Waals surface area contributed by atoms with Crippen LogP contribution in [0.3, 0.4) is 0 Å². The zero-order valence-electron chi connectivity index (χ0n) is 8.53. The van der Waals surface area contributed by atoms with Gasteiger partial charge in [0.25, 0.3) is 5.91 Å². The van der Waals surface area contributed by atoms with Crippen molar-refractivity contribution in [1.82, 2.24) is 4.90 Å². The third-order valence-corrected chi connectivity index (χ3v) is 3.37. The summed E-state index contributed by atoms with van der Waals surface area (Å²) >= 11 is 7.00. The lowest BCUT2D eigenvalue weighted by Gasteiger charge is -2.22. The average molecular weight is 243 g/mol. The fourth-order valence-electron chi connectivity index (χ4n) is 1.07. The fourth-order valence-corrected chi connectivity index (χ4v) is 2.10. The molecule has 1 aromatic heterocycles. The zero-order valence-corrected chi connectivity index (χ0v) is 10.1.